The molecule has 2 amide bonds. The van der Waals surface area contributed by atoms with Crippen molar-refractivity contribution in [2.45, 2.75) is 32.2 Å². The number of rotatable bonds is 8. The normalized spacial score (nSPS) is 14.3. The van der Waals surface area contributed by atoms with E-state index in [1.54, 1.807) is 25.1 Å². The zero-order valence-electron chi connectivity index (χ0n) is 19.3. The van der Waals surface area contributed by atoms with Crippen LogP contribution < -0.4 is 10.1 Å². The Morgan fingerprint density at radius 1 is 1.22 bits per heavy atom. The fraction of sp³-hybridized carbons (Fsp3) is 0.348. The van der Waals surface area contributed by atoms with E-state index in [0.717, 1.165) is 25.0 Å². The van der Waals surface area contributed by atoms with E-state index in [0.29, 0.717) is 29.5 Å². The molecule has 9 nitrogen and oxygen atoms in total. The number of hydrogen-bond acceptors (Lipinski definition) is 6. The predicted molar refractivity (Wildman–Crippen MR) is 126 cm³/mol. The SMILES string of the molecule is CC(NC(=O)c1cc(Br)cc(OC(F)(F)F)c1)c1nccnc1-n1cc(C(=O)N(C)CC2CC2)cn1. The number of aromatic nitrogens is 4. The number of benzene rings is 1. The molecule has 2 heterocycles. The van der Waals surface area contributed by atoms with Crippen molar-refractivity contribution in [3.05, 3.63) is 64.3 Å². The molecule has 190 valence electrons. The van der Waals surface area contributed by atoms with Gasteiger partial charge in [0.05, 0.1) is 17.8 Å². The zero-order valence-corrected chi connectivity index (χ0v) is 20.9. The molecule has 0 saturated heterocycles. The number of halogens is 4. The van der Waals surface area contributed by atoms with E-state index >= 15 is 0 Å². The van der Waals surface area contributed by atoms with Gasteiger partial charge < -0.3 is 15.0 Å². The summed E-state index contributed by atoms with van der Waals surface area (Å²) < 4.78 is 43.4. The van der Waals surface area contributed by atoms with Gasteiger partial charge in [0.1, 0.15) is 11.4 Å². The summed E-state index contributed by atoms with van der Waals surface area (Å²) in [6.07, 6.45) is 3.23. The molecule has 0 spiro atoms. The molecule has 2 aromatic heterocycles. The number of alkyl halides is 3. The van der Waals surface area contributed by atoms with Crippen LogP contribution in [-0.2, 0) is 0 Å². The summed E-state index contributed by atoms with van der Waals surface area (Å²) in [5.41, 5.74) is 0.686. The van der Waals surface area contributed by atoms with Crippen LogP contribution in [0.3, 0.4) is 0 Å². The van der Waals surface area contributed by atoms with Gasteiger partial charge in [-0.1, -0.05) is 15.9 Å². The molecule has 4 rings (SSSR count). The highest BCUT2D eigenvalue weighted by atomic mass is 79.9. The Kier molecular flexibility index (Phi) is 7.29. The van der Waals surface area contributed by atoms with E-state index in [1.165, 1.54) is 29.3 Å². The van der Waals surface area contributed by atoms with Crippen molar-refractivity contribution in [1.82, 2.24) is 30.0 Å². The van der Waals surface area contributed by atoms with Gasteiger partial charge in [-0.15, -0.1) is 13.2 Å². The lowest BCUT2D eigenvalue weighted by Crippen LogP contribution is -2.29. The third-order valence-corrected chi connectivity index (χ3v) is 5.91. The average molecular weight is 567 g/mol. The number of nitrogens with one attached hydrogen (secondary N) is 1. The second-order valence-electron chi connectivity index (χ2n) is 8.49. The van der Waals surface area contributed by atoms with Crippen LogP contribution in [0.4, 0.5) is 13.2 Å². The van der Waals surface area contributed by atoms with Crippen LogP contribution in [0.5, 0.6) is 5.75 Å². The zero-order chi connectivity index (χ0) is 26.0. The Labute approximate surface area is 212 Å². The maximum absolute atomic E-state index is 12.8. The van der Waals surface area contributed by atoms with Crippen molar-refractivity contribution in [1.29, 1.82) is 0 Å². The molecule has 0 aliphatic heterocycles. The van der Waals surface area contributed by atoms with Gasteiger partial charge >= 0.3 is 6.36 Å². The smallest absolute Gasteiger partial charge is 0.406 e. The van der Waals surface area contributed by atoms with Gasteiger partial charge in [0.25, 0.3) is 11.8 Å². The maximum atomic E-state index is 12.8. The van der Waals surface area contributed by atoms with Crippen molar-refractivity contribution in [2.75, 3.05) is 13.6 Å². The average Bonchev–Trinajstić information content (AvgIpc) is 3.48. The summed E-state index contributed by atoms with van der Waals surface area (Å²) in [6, 6.07) is 2.76. The van der Waals surface area contributed by atoms with Crippen LogP contribution in [0.15, 0.2) is 47.5 Å². The molecular weight excluding hydrogens is 545 g/mol. The first kappa shape index (κ1) is 25.6. The van der Waals surface area contributed by atoms with Crippen LogP contribution in [0, 0.1) is 5.92 Å². The van der Waals surface area contributed by atoms with Gasteiger partial charge in [-0.3, -0.25) is 14.6 Å². The minimum atomic E-state index is -4.90. The van der Waals surface area contributed by atoms with E-state index in [2.05, 4.69) is 41.1 Å². The molecule has 1 aliphatic rings. The highest BCUT2D eigenvalue weighted by molar-refractivity contribution is 9.10. The minimum absolute atomic E-state index is 0.0495. The highest BCUT2D eigenvalue weighted by Crippen LogP contribution is 2.30. The topological polar surface area (TPSA) is 102 Å². The molecule has 0 bridgehead atoms. The van der Waals surface area contributed by atoms with Gasteiger partial charge in [-0.05, 0) is 43.9 Å². The molecule has 0 radical (unpaired) electrons. The number of carbonyl (C=O) groups is 2. The molecule has 1 atom stereocenters. The molecule has 3 aromatic rings. The Bertz CT molecular complexity index is 1280. The molecule has 1 aromatic carbocycles. The fourth-order valence-electron chi connectivity index (χ4n) is 3.60. The van der Waals surface area contributed by atoms with Crippen LogP contribution in [0.25, 0.3) is 5.82 Å². The predicted octanol–water partition coefficient (Wildman–Crippen LogP) is 4.30. The molecule has 1 aliphatic carbocycles. The van der Waals surface area contributed by atoms with Gasteiger partial charge in [-0.25, -0.2) is 9.67 Å². The number of amides is 2. The largest absolute Gasteiger partial charge is 0.573 e. The minimum Gasteiger partial charge on any atom is -0.406 e. The first-order chi connectivity index (χ1) is 17.0. The van der Waals surface area contributed by atoms with E-state index in [1.807, 2.05) is 0 Å². The first-order valence-electron chi connectivity index (χ1n) is 11.0. The highest BCUT2D eigenvalue weighted by Gasteiger charge is 2.32. The number of ether oxygens (including phenoxy) is 1. The molecule has 1 saturated carbocycles. The summed E-state index contributed by atoms with van der Waals surface area (Å²) in [6.45, 7) is 2.34. The van der Waals surface area contributed by atoms with Crippen LogP contribution in [0.1, 0.15) is 52.2 Å². The third-order valence-electron chi connectivity index (χ3n) is 5.45. The molecule has 36 heavy (non-hydrogen) atoms. The molecule has 1 N–H and O–H groups in total. The van der Waals surface area contributed by atoms with E-state index in [-0.39, 0.29) is 15.9 Å². The lowest BCUT2D eigenvalue weighted by atomic mass is 10.1. The number of nitrogens with zero attached hydrogens (tertiary/aromatic N) is 5. The fourth-order valence-corrected chi connectivity index (χ4v) is 4.07. The van der Waals surface area contributed by atoms with Crippen molar-refractivity contribution in [3.63, 3.8) is 0 Å². The maximum Gasteiger partial charge on any atom is 0.573 e. The lowest BCUT2D eigenvalue weighted by molar-refractivity contribution is -0.274. The summed E-state index contributed by atoms with van der Waals surface area (Å²) in [7, 11) is 1.75. The quantitative estimate of drug-likeness (QED) is 0.436. The van der Waals surface area contributed by atoms with E-state index < -0.39 is 24.1 Å². The Balaban J connectivity index is 1.51. The summed E-state index contributed by atoms with van der Waals surface area (Å²) in [5, 5.41) is 6.95. The Hall–Kier alpha value is -3.48. The van der Waals surface area contributed by atoms with Crippen molar-refractivity contribution in [2.24, 2.45) is 5.92 Å². The van der Waals surface area contributed by atoms with Crippen LogP contribution in [-0.4, -0.2) is 56.4 Å². The van der Waals surface area contributed by atoms with Gasteiger partial charge in [0, 0.05) is 42.2 Å². The lowest BCUT2D eigenvalue weighted by Gasteiger charge is -2.17. The van der Waals surface area contributed by atoms with Gasteiger partial charge in [0.2, 0.25) is 0 Å². The van der Waals surface area contributed by atoms with Crippen molar-refractivity contribution < 1.29 is 27.5 Å². The standard InChI is InChI=1S/C23H22BrF3N6O3/c1-13(31-21(34)15-7-17(24)9-18(8-15)36-23(25,26)27)19-20(29-6-5-28-19)33-12-16(10-30-33)22(35)32(2)11-14-3-4-14/h5-10,12-14H,3-4,11H2,1-2H3,(H,31,34). The monoisotopic (exact) mass is 566 g/mol. The summed E-state index contributed by atoms with van der Waals surface area (Å²) >= 11 is 3.09. The van der Waals surface area contributed by atoms with Crippen molar-refractivity contribution in [3.8, 4) is 11.6 Å². The summed E-state index contributed by atoms with van der Waals surface area (Å²) in [4.78, 5) is 35.8. The second-order valence-corrected chi connectivity index (χ2v) is 9.40. The molecule has 1 unspecified atom stereocenters. The van der Waals surface area contributed by atoms with E-state index in [4.69, 9.17) is 0 Å². The van der Waals surface area contributed by atoms with Gasteiger partial charge in [-0.2, -0.15) is 5.10 Å². The summed E-state index contributed by atoms with van der Waals surface area (Å²) in [5.74, 6) is -0.497. The van der Waals surface area contributed by atoms with Gasteiger partial charge in [0.15, 0.2) is 5.82 Å². The van der Waals surface area contributed by atoms with E-state index in [9.17, 15) is 22.8 Å². The Morgan fingerprint density at radius 3 is 2.64 bits per heavy atom. The molecule has 1 fully saturated rings. The van der Waals surface area contributed by atoms with Crippen LogP contribution >= 0.6 is 15.9 Å². The first-order valence-corrected chi connectivity index (χ1v) is 11.8. The Morgan fingerprint density at radius 2 is 1.94 bits per heavy atom. The number of carbonyl (C=O) groups excluding carboxylic acids is 2. The van der Waals surface area contributed by atoms with Crippen LogP contribution in [0.2, 0.25) is 0 Å². The molecule has 13 heteroatoms. The second kappa shape index (κ2) is 10.2. The number of hydrogen-bond donors (Lipinski definition) is 1. The molecular formula is C23H22BrF3N6O3. The van der Waals surface area contributed by atoms with Crippen molar-refractivity contribution >= 4 is 27.7 Å². The third kappa shape index (κ3) is 6.39.